The molecule has 1 aromatic rings. The quantitative estimate of drug-likeness (QED) is 0.622. The summed E-state index contributed by atoms with van der Waals surface area (Å²) >= 11 is 2.08. The standard InChI is InChI=1S/C14H22N2S/c15-16-14(12-7-3-1-4-8-12)11-17-13-9-5-2-6-10-13/h1,3-4,7-8,13-14,16H,2,5-6,9-11,15H2. The molecule has 1 aromatic carbocycles. The molecule has 1 unspecified atom stereocenters. The molecule has 94 valence electrons. The van der Waals surface area contributed by atoms with Gasteiger partial charge in [-0.2, -0.15) is 11.8 Å². The Balaban J connectivity index is 1.83. The number of rotatable bonds is 5. The smallest absolute Gasteiger partial charge is 0.0550 e. The third kappa shape index (κ3) is 4.02. The highest BCUT2D eigenvalue weighted by Crippen LogP contribution is 2.30. The van der Waals surface area contributed by atoms with Gasteiger partial charge in [0.15, 0.2) is 0 Å². The third-order valence-electron chi connectivity index (χ3n) is 3.45. The van der Waals surface area contributed by atoms with E-state index in [2.05, 4.69) is 41.5 Å². The highest BCUT2D eigenvalue weighted by molar-refractivity contribution is 7.99. The van der Waals surface area contributed by atoms with Crippen LogP contribution in [0.4, 0.5) is 0 Å². The number of hydrogen-bond donors (Lipinski definition) is 2. The summed E-state index contributed by atoms with van der Waals surface area (Å²) in [4.78, 5) is 0. The molecule has 1 saturated carbocycles. The Hall–Kier alpha value is -0.510. The molecule has 0 saturated heterocycles. The maximum Gasteiger partial charge on any atom is 0.0550 e. The van der Waals surface area contributed by atoms with Crippen molar-refractivity contribution in [3.8, 4) is 0 Å². The van der Waals surface area contributed by atoms with Crippen LogP contribution in [-0.4, -0.2) is 11.0 Å². The molecule has 1 aliphatic carbocycles. The van der Waals surface area contributed by atoms with Crippen LogP contribution in [0, 0.1) is 0 Å². The van der Waals surface area contributed by atoms with Crippen LogP contribution < -0.4 is 11.3 Å². The minimum Gasteiger partial charge on any atom is -0.271 e. The maximum absolute atomic E-state index is 5.66. The normalized spacial score (nSPS) is 19.1. The molecule has 0 bridgehead atoms. The van der Waals surface area contributed by atoms with E-state index >= 15 is 0 Å². The molecule has 0 aromatic heterocycles. The summed E-state index contributed by atoms with van der Waals surface area (Å²) in [5.41, 5.74) is 4.23. The minimum absolute atomic E-state index is 0.281. The summed E-state index contributed by atoms with van der Waals surface area (Å²) in [5, 5.41) is 0.850. The van der Waals surface area contributed by atoms with Crippen LogP contribution in [-0.2, 0) is 0 Å². The molecule has 0 amide bonds. The first kappa shape index (κ1) is 12.9. The van der Waals surface area contributed by atoms with E-state index in [1.807, 2.05) is 6.07 Å². The summed E-state index contributed by atoms with van der Waals surface area (Å²) in [6, 6.07) is 10.8. The van der Waals surface area contributed by atoms with Crippen LogP contribution in [0.2, 0.25) is 0 Å². The molecular formula is C14H22N2S. The Morgan fingerprint density at radius 2 is 1.88 bits per heavy atom. The number of benzene rings is 1. The molecule has 1 fully saturated rings. The van der Waals surface area contributed by atoms with E-state index < -0.39 is 0 Å². The zero-order valence-corrected chi connectivity index (χ0v) is 11.1. The predicted octanol–water partition coefficient (Wildman–Crippen LogP) is 3.26. The van der Waals surface area contributed by atoms with Gasteiger partial charge in [-0.15, -0.1) is 0 Å². The van der Waals surface area contributed by atoms with Gasteiger partial charge >= 0.3 is 0 Å². The first-order valence-corrected chi connectivity index (χ1v) is 7.57. The fourth-order valence-corrected chi connectivity index (χ4v) is 3.81. The first-order valence-electron chi connectivity index (χ1n) is 6.53. The van der Waals surface area contributed by atoms with Gasteiger partial charge in [0.05, 0.1) is 6.04 Å². The second-order valence-corrected chi connectivity index (χ2v) is 6.06. The lowest BCUT2D eigenvalue weighted by Crippen LogP contribution is -2.30. The first-order chi connectivity index (χ1) is 8.40. The molecular weight excluding hydrogens is 228 g/mol. The highest BCUT2D eigenvalue weighted by Gasteiger charge is 2.16. The Morgan fingerprint density at radius 1 is 1.18 bits per heavy atom. The largest absolute Gasteiger partial charge is 0.271 e. The predicted molar refractivity (Wildman–Crippen MR) is 75.8 cm³/mol. The van der Waals surface area contributed by atoms with Gasteiger partial charge in [0.1, 0.15) is 0 Å². The zero-order chi connectivity index (χ0) is 11.9. The van der Waals surface area contributed by atoms with Crippen LogP contribution in [0.15, 0.2) is 30.3 Å². The lowest BCUT2D eigenvalue weighted by atomic mass is 10.0. The molecule has 0 aliphatic heterocycles. The van der Waals surface area contributed by atoms with Gasteiger partial charge in [-0.25, -0.2) is 0 Å². The number of hydrazine groups is 1. The molecule has 0 spiro atoms. The van der Waals surface area contributed by atoms with Gasteiger partial charge < -0.3 is 0 Å². The molecule has 3 heteroatoms. The minimum atomic E-state index is 0.281. The lowest BCUT2D eigenvalue weighted by Gasteiger charge is -2.23. The van der Waals surface area contributed by atoms with E-state index in [0.717, 1.165) is 11.0 Å². The van der Waals surface area contributed by atoms with Crippen molar-refractivity contribution in [3.63, 3.8) is 0 Å². The molecule has 1 atom stereocenters. The average molecular weight is 250 g/mol. The van der Waals surface area contributed by atoms with E-state index in [-0.39, 0.29) is 6.04 Å². The number of thioether (sulfide) groups is 1. The van der Waals surface area contributed by atoms with E-state index in [0.29, 0.717) is 0 Å². The Bertz CT molecular complexity index is 309. The van der Waals surface area contributed by atoms with E-state index in [1.54, 1.807) is 0 Å². The molecule has 1 aliphatic rings. The van der Waals surface area contributed by atoms with Crippen molar-refractivity contribution in [1.82, 2.24) is 5.43 Å². The number of nitrogens with one attached hydrogen (secondary N) is 1. The van der Waals surface area contributed by atoms with Crippen molar-refractivity contribution in [1.29, 1.82) is 0 Å². The van der Waals surface area contributed by atoms with Crippen molar-refractivity contribution < 1.29 is 0 Å². The highest BCUT2D eigenvalue weighted by atomic mass is 32.2. The van der Waals surface area contributed by atoms with Crippen LogP contribution in [0.1, 0.15) is 43.7 Å². The molecule has 0 radical (unpaired) electrons. The van der Waals surface area contributed by atoms with Crippen molar-refractivity contribution in [2.24, 2.45) is 5.84 Å². The average Bonchev–Trinajstić information content (AvgIpc) is 2.42. The van der Waals surface area contributed by atoms with Gasteiger partial charge in [0.25, 0.3) is 0 Å². The van der Waals surface area contributed by atoms with Crippen LogP contribution >= 0.6 is 11.8 Å². The number of hydrogen-bond acceptors (Lipinski definition) is 3. The van der Waals surface area contributed by atoms with Crippen molar-refractivity contribution in [2.45, 2.75) is 43.4 Å². The van der Waals surface area contributed by atoms with Crippen molar-refractivity contribution in [3.05, 3.63) is 35.9 Å². The monoisotopic (exact) mass is 250 g/mol. The van der Waals surface area contributed by atoms with Gasteiger partial charge in [-0.3, -0.25) is 11.3 Å². The maximum atomic E-state index is 5.66. The molecule has 0 heterocycles. The van der Waals surface area contributed by atoms with E-state index in [9.17, 15) is 0 Å². The molecule has 2 nitrogen and oxygen atoms in total. The van der Waals surface area contributed by atoms with Gasteiger partial charge in [0.2, 0.25) is 0 Å². The molecule has 3 N–H and O–H groups in total. The summed E-state index contributed by atoms with van der Waals surface area (Å²) in [5.74, 6) is 6.73. The van der Waals surface area contributed by atoms with Crippen molar-refractivity contribution >= 4 is 11.8 Å². The van der Waals surface area contributed by atoms with Crippen molar-refractivity contribution in [2.75, 3.05) is 5.75 Å². The molecule has 2 rings (SSSR count). The summed E-state index contributed by atoms with van der Waals surface area (Å²) < 4.78 is 0. The van der Waals surface area contributed by atoms with Gasteiger partial charge in [-0.1, -0.05) is 49.6 Å². The number of nitrogens with two attached hydrogens (primary N) is 1. The third-order valence-corrected chi connectivity index (χ3v) is 4.92. The van der Waals surface area contributed by atoms with Crippen LogP contribution in [0.3, 0.4) is 0 Å². The van der Waals surface area contributed by atoms with Gasteiger partial charge in [-0.05, 0) is 18.4 Å². The summed E-state index contributed by atoms with van der Waals surface area (Å²) in [6.07, 6.45) is 7.01. The van der Waals surface area contributed by atoms with Crippen LogP contribution in [0.5, 0.6) is 0 Å². The van der Waals surface area contributed by atoms with E-state index in [4.69, 9.17) is 5.84 Å². The summed E-state index contributed by atoms with van der Waals surface area (Å²) in [6.45, 7) is 0. The summed E-state index contributed by atoms with van der Waals surface area (Å²) in [7, 11) is 0. The Labute approximate surface area is 108 Å². The molecule has 17 heavy (non-hydrogen) atoms. The topological polar surface area (TPSA) is 38.0 Å². The van der Waals surface area contributed by atoms with E-state index in [1.165, 1.54) is 37.7 Å². The second-order valence-electron chi connectivity index (χ2n) is 4.72. The Morgan fingerprint density at radius 3 is 2.53 bits per heavy atom. The Kier molecular flexibility index (Phi) is 5.36. The second kappa shape index (κ2) is 7.04. The zero-order valence-electron chi connectivity index (χ0n) is 10.3. The van der Waals surface area contributed by atoms with Gasteiger partial charge in [0, 0.05) is 11.0 Å². The SMILES string of the molecule is NNC(CSC1CCCCC1)c1ccccc1. The lowest BCUT2D eigenvalue weighted by molar-refractivity contribution is 0.514. The fourth-order valence-electron chi connectivity index (χ4n) is 2.39. The fraction of sp³-hybridized carbons (Fsp3) is 0.571. The van der Waals surface area contributed by atoms with Crippen LogP contribution in [0.25, 0.3) is 0 Å².